The largest absolute Gasteiger partial charge is 0.356 e. The van der Waals surface area contributed by atoms with Crippen molar-refractivity contribution in [3.05, 3.63) is 12.2 Å². The molecule has 0 aromatic carbocycles. The molecule has 1 rings (SSSR count). The number of hydrogen-bond acceptors (Lipinski definition) is 2. The van der Waals surface area contributed by atoms with Gasteiger partial charge < -0.3 is 10.2 Å². The maximum Gasteiger partial charge on any atom is 0.229 e. The Labute approximate surface area is 71.9 Å². The molecule has 2 N–H and O–H groups in total. The zero-order valence-corrected chi connectivity index (χ0v) is 6.67. The van der Waals surface area contributed by atoms with Crippen LogP contribution in [-0.2, 0) is 0 Å². The normalized spacial score (nSPS) is 19.8. The van der Waals surface area contributed by atoms with E-state index in [1.807, 2.05) is 6.08 Å². The first-order valence-electron chi connectivity index (χ1n) is 3.83. The summed E-state index contributed by atoms with van der Waals surface area (Å²) in [6, 6.07) is 0. The van der Waals surface area contributed by atoms with E-state index in [-0.39, 0.29) is 6.42 Å². The Morgan fingerprint density at radius 2 is 2.08 bits per heavy atom. The number of aliphatic hydroxyl groups is 2. The number of rotatable bonds is 0. The van der Waals surface area contributed by atoms with Gasteiger partial charge in [-0.2, -0.15) is 0 Å². The molecule has 12 heavy (non-hydrogen) atoms. The quantitative estimate of drug-likeness (QED) is 0.400. The fourth-order valence-corrected chi connectivity index (χ4v) is 0.880. The first kappa shape index (κ1) is 8.87. The summed E-state index contributed by atoms with van der Waals surface area (Å²) >= 11 is 0. The maximum atomic E-state index is 9.19. The van der Waals surface area contributed by atoms with Gasteiger partial charge in [0.2, 0.25) is 5.79 Å². The van der Waals surface area contributed by atoms with Crippen LogP contribution in [0.4, 0.5) is 0 Å². The van der Waals surface area contributed by atoms with E-state index in [9.17, 15) is 10.2 Å². The molecule has 0 aliphatic heterocycles. The Hall–Kier alpha value is -1.22. The summed E-state index contributed by atoms with van der Waals surface area (Å²) in [5.41, 5.74) is 0. The summed E-state index contributed by atoms with van der Waals surface area (Å²) in [6.45, 7) is 0. The van der Waals surface area contributed by atoms with Crippen molar-refractivity contribution in [3.63, 3.8) is 0 Å². The average molecular weight is 162 g/mol. The molecule has 0 bridgehead atoms. The molecule has 0 aromatic heterocycles. The van der Waals surface area contributed by atoms with Crippen LogP contribution in [0.2, 0.25) is 0 Å². The Morgan fingerprint density at radius 1 is 1.25 bits per heavy atom. The summed E-state index contributed by atoms with van der Waals surface area (Å²) in [6.07, 6.45) is 5.41. The molecule has 0 spiro atoms. The Bertz CT molecular complexity index is 291. The third-order valence-corrected chi connectivity index (χ3v) is 1.49. The van der Waals surface area contributed by atoms with Crippen molar-refractivity contribution in [2.24, 2.45) is 0 Å². The topological polar surface area (TPSA) is 40.5 Å². The second-order valence-electron chi connectivity index (χ2n) is 2.63. The molecular formula is C10H10O2. The zero-order valence-electron chi connectivity index (χ0n) is 6.67. The van der Waals surface area contributed by atoms with Crippen molar-refractivity contribution >= 4 is 0 Å². The van der Waals surface area contributed by atoms with E-state index < -0.39 is 5.79 Å². The van der Waals surface area contributed by atoms with Crippen LogP contribution in [0.3, 0.4) is 0 Å². The van der Waals surface area contributed by atoms with Gasteiger partial charge in [0.1, 0.15) is 0 Å². The van der Waals surface area contributed by atoms with Gasteiger partial charge in [-0.15, -0.1) is 0 Å². The van der Waals surface area contributed by atoms with Crippen LogP contribution in [0.1, 0.15) is 19.3 Å². The second-order valence-corrected chi connectivity index (χ2v) is 2.63. The molecule has 0 saturated heterocycles. The zero-order chi connectivity index (χ0) is 8.86. The van der Waals surface area contributed by atoms with Crippen molar-refractivity contribution in [2.75, 3.05) is 0 Å². The van der Waals surface area contributed by atoms with Crippen molar-refractivity contribution in [3.8, 4) is 23.7 Å². The minimum absolute atomic E-state index is 0.270. The predicted octanol–water partition coefficient (Wildman–Crippen LogP) is 0.414. The number of hydrogen-bond donors (Lipinski definition) is 2. The summed E-state index contributed by atoms with van der Waals surface area (Å²) in [5, 5.41) is 18.4. The molecule has 0 aromatic rings. The molecule has 0 atom stereocenters. The van der Waals surface area contributed by atoms with E-state index in [2.05, 4.69) is 23.7 Å². The lowest BCUT2D eigenvalue weighted by Crippen LogP contribution is -2.25. The van der Waals surface area contributed by atoms with Crippen LogP contribution < -0.4 is 0 Å². The van der Waals surface area contributed by atoms with Gasteiger partial charge in [0.05, 0.1) is 0 Å². The van der Waals surface area contributed by atoms with Crippen molar-refractivity contribution in [1.82, 2.24) is 0 Å². The first-order valence-corrected chi connectivity index (χ1v) is 3.83. The molecule has 1 aliphatic carbocycles. The fraction of sp³-hybridized carbons (Fsp3) is 0.400. The molecule has 62 valence electrons. The lowest BCUT2D eigenvalue weighted by molar-refractivity contribution is -0.114. The summed E-state index contributed by atoms with van der Waals surface area (Å²) < 4.78 is 0. The second kappa shape index (κ2) is 3.97. The van der Waals surface area contributed by atoms with Gasteiger partial charge in [-0.3, -0.25) is 0 Å². The van der Waals surface area contributed by atoms with Gasteiger partial charge in [0.15, 0.2) is 0 Å². The van der Waals surface area contributed by atoms with E-state index >= 15 is 0 Å². The monoisotopic (exact) mass is 162 g/mol. The van der Waals surface area contributed by atoms with Crippen LogP contribution in [-0.4, -0.2) is 16.0 Å². The third-order valence-electron chi connectivity index (χ3n) is 1.49. The summed E-state index contributed by atoms with van der Waals surface area (Å²) in [4.78, 5) is 0. The smallest absolute Gasteiger partial charge is 0.229 e. The molecule has 0 radical (unpaired) electrons. The van der Waals surface area contributed by atoms with Crippen LogP contribution in [0.15, 0.2) is 12.2 Å². The molecule has 0 amide bonds. The molecular weight excluding hydrogens is 152 g/mol. The predicted molar refractivity (Wildman–Crippen MR) is 45.7 cm³/mol. The average Bonchev–Trinajstić information content (AvgIpc) is 2.02. The van der Waals surface area contributed by atoms with Gasteiger partial charge in [0, 0.05) is 6.42 Å². The minimum Gasteiger partial charge on any atom is -0.356 e. The Kier molecular flexibility index (Phi) is 2.94. The molecule has 2 nitrogen and oxygen atoms in total. The third kappa shape index (κ3) is 3.25. The van der Waals surface area contributed by atoms with Crippen molar-refractivity contribution in [1.29, 1.82) is 0 Å². The molecule has 0 saturated carbocycles. The Morgan fingerprint density at radius 3 is 2.92 bits per heavy atom. The van der Waals surface area contributed by atoms with Gasteiger partial charge in [-0.25, -0.2) is 0 Å². The number of allylic oxidation sites excluding steroid dienone is 2. The van der Waals surface area contributed by atoms with Gasteiger partial charge in [-0.1, -0.05) is 12.0 Å². The summed E-state index contributed by atoms with van der Waals surface area (Å²) in [5.74, 6) is 7.96. The van der Waals surface area contributed by atoms with Crippen molar-refractivity contribution in [2.45, 2.75) is 25.0 Å². The lowest BCUT2D eigenvalue weighted by Gasteiger charge is -2.13. The highest BCUT2D eigenvalue weighted by Gasteiger charge is 2.18. The standard InChI is InChI=1S/C10H10O2/c11-10(12)8-6-4-2-1-3-5-7-9-10/h1-2,11-12H,4,6,8H2. The highest BCUT2D eigenvalue weighted by molar-refractivity contribution is 5.32. The van der Waals surface area contributed by atoms with E-state index in [1.54, 1.807) is 6.08 Å². The molecule has 0 fully saturated rings. The minimum atomic E-state index is -1.86. The maximum absolute atomic E-state index is 9.19. The molecule has 0 heterocycles. The molecule has 1 aliphatic rings. The highest BCUT2D eigenvalue weighted by atomic mass is 16.5. The first-order chi connectivity index (χ1) is 5.71. The van der Waals surface area contributed by atoms with Gasteiger partial charge in [-0.05, 0) is 36.7 Å². The van der Waals surface area contributed by atoms with E-state index in [0.29, 0.717) is 6.42 Å². The van der Waals surface area contributed by atoms with Crippen LogP contribution >= 0.6 is 0 Å². The summed E-state index contributed by atoms with van der Waals surface area (Å²) in [7, 11) is 0. The van der Waals surface area contributed by atoms with E-state index in [1.165, 1.54) is 0 Å². The molecule has 0 unspecified atom stereocenters. The van der Waals surface area contributed by atoms with Crippen LogP contribution in [0.5, 0.6) is 0 Å². The van der Waals surface area contributed by atoms with Gasteiger partial charge >= 0.3 is 0 Å². The Balaban J connectivity index is 2.75. The fourth-order valence-electron chi connectivity index (χ4n) is 0.880. The lowest BCUT2D eigenvalue weighted by atomic mass is 10.1. The molecule has 2 heteroatoms. The van der Waals surface area contributed by atoms with E-state index in [0.717, 1.165) is 6.42 Å². The van der Waals surface area contributed by atoms with E-state index in [4.69, 9.17) is 0 Å². The highest BCUT2D eigenvalue weighted by Crippen LogP contribution is 2.10. The van der Waals surface area contributed by atoms with Gasteiger partial charge in [0.25, 0.3) is 0 Å². The van der Waals surface area contributed by atoms with Crippen molar-refractivity contribution < 1.29 is 10.2 Å². The van der Waals surface area contributed by atoms with Crippen LogP contribution in [0.25, 0.3) is 0 Å². The SMILES string of the molecule is OC1(O)C#CC#CC=CCCC1. The van der Waals surface area contributed by atoms with Crippen LogP contribution in [0, 0.1) is 23.7 Å².